The van der Waals surface area contributed by atoms with Gasteiger partial charge in [0.25, 0.3) is 0 Å². The average molecular weight is 378 g/mol. The van der Waals surface area contributed by atoms with Crippen molar-refractivity contribution in [3.63, 3.8) is 0 Å². The maximum atomic E-state index is 13.2. The third-order valence-corrected chi connectivity index (χ3v) is 4.20. The average Bonchev–Trinajstić information content (AvgIpc) is 2.43. The van der Waals surface area contributed by atoms with E-state index in [4.69, 9.17) is 27.9 Å². The Morgan fingerprint density at radius 3 is 2.45 bits per heavy atom. The van der Waals surface area contributed by atoms with Crippen molar-refractivity contribution in [1.82, 2.24) is 0 Å². The molecule has 106 valence electrons. The molecule has 2 aromatic carbocycles. The summed E-state index contributed by atoms with van der Waals surface area (Å²) in [6.07, 6.45) is 0. The lowest BCUT2D eigenvalue weighted by Gasteiger charge is -2.13. The van der Waals surface area contributed by atoms with Crippen molar-refractivity contribution >= 4 is 39.1 Å². The van der Waals surface area contributed by atoms with Crippen molar-refractivity contribution in [2.45, 2.75) is 12.3 Å². The molecule has 1 atom stereocenters. The lowest BCUT2D eigenvalue weighted by molar-refractivity contribution is 0.338. The van der Waals surface area contributed by atoms with Gasteiger partial charge in [-0.2, -0.15) is 0 Å². The maximum absolute atomic E-state index is 13.2. The number of rotatable bonds is 4. The van der Waals surface area contributed by atoms with Crippen LogP contribution in [0.4, 0.5) is 4.39 Å². The van der Waals surface area contributed by atoms with Gasteiger partial charge in [0.2, 0.25) is 0 Å². The maximum Gasteiger partial charge on any atom is 0.141 e. The second-order valence-corrected chi connectivity index (χ2v) is 5.86. The summed E-state index contributed by atoms with van der Waals surface area (Å²) >= 11 is 15.6. The van der Waals surface area contributed by atoms with Gasteiger partial charge < -0.3 is 4.74 Å². The fourth-order valence-electron chi connectivity index (χ4n) is 1.81. The lowest BCUT2D eigenvalue weighted by Crippen LogP contribution is -1.97. The summed E-state index contributed by atoms with van der Waals surface area (Å²) in [6.45, 7) is 2.51. The molecule has 0 amide bonds. The first-order valence-electron chi connectivity index (χ1n) is 6.04. The fourth-order valence-corrected chi connectivity index (χ4v) is 2.78. The van der Waals surface area contributed by atoms with E-state index >= 15 is 0 Å². The van der Waals surface area contributed by atoms with E-state index in [0.717, 1.165) is 21.3 Å². The molecule has 0 N–H and O–H groups in total. The predicted molar refractivity (Wildman–Crippen MR) is 84.4 cm³/mol. The molecule has 0 heterocycles. The van der Waals surface area contributed by atoms with Gasteiger partial charge in [-0.3, -0.25) is 0 Å². The summed E-state index contributed by atoms with van der Waals surface area (Å²) in [4.78, 5) is 0. The Labute approximate surface area is 135 Å². The second kappa shape index (κ2) is 6.79. The first-order chi connectivity index (χ1) is 9.52. The minimum atomic E-state index is -0.452. The largest absolute Gasteiger partial charge is 0.493 e. The highest BCUT2D eigenvalue weighted by Gasteiger charge is 2.14. The van der Waals surface area contributed by atoms with Gasteiger partial charge in [0.15, 0.2) is 0 Å². The zero-order valence-corrected chi connectivity index (χ0v) is 13.8. The molecule has 0 saturated carbocycles. The van der Waals surface area contributed by atoms with Crippen molar-refractivity contribution in [3.8, 4) is 5.75 Å². The summed E-state index contributed by atoms with van der Waals surface area (Å²) in [6, 6.07) is 10.1. The van der Waals surface area contributed by atoms with Crippen LogP contribution in [-0.4, -0.2) is 6.61 Å². The number of hydrogen-bond donors (Lipinski definition) is 0. The summed E-state index contributed by atoms with van der Waals surface area (Å²) in [5.41, 5.74) is 1.62. The normalized spacial score (nSPS) is 12.2. The molecule has 5 heteroatoms. The Morgan fingerprint density at radius 2 is 1.85 bits per heavy atom. The van der Waals surface area contributed by atoms with E-state index in [0.29, 0.717) is 6.61 Å². The molecule has 1 nitrogen and oxygen atoms in total. The highest BCUT2D eigenvalue weighted by molar-refractivity contribution is 9.10. The van der Waals surface area contributed by atoms with E-state index in [9.17, 15) is 4.39 Å². The van der Waals surface area contributed by atoms with Gasteiger partial charge in [0.1, 0.15) is 11.6 Å². The van der Waals surface area contributed by atoms with Crippen LogP contribution in [0.15, 0.2) is 40.9 Å². The van der Waals surface area contributed by atoms with Gasteiger partial charge in [-0.05, 0) is 58.2 Å². The van der Waals surface area contributed by atoms with Crippen molar-refractivity contribution in [2.75, 3.05) is 6.61 Å². The minimum Gasteiger partial charge on any atom is -0.493 e. The Hall–Kier alpha value is -0.770. The molecule has 0 radical (unpaired) electrons. The first-order valence-corrected chi connectivity index (χ1v) is 7.65. The van der Waals surface area contributed by atoms with Crippen molar-refractivity contribution < 1.29 is 9.13 Å². The zero-order valence-electron chi connectivity index (χ0n) is 10.7. The smallest absolute Gasteiger partial charge is 0.141 e. The van der Waals surface area contributed by atoms with Crippen LogP contribution in [0, 0.1) is 5.82 Å². The summed E-state index contributed by atoms with van der Waals surface area (Å²) < 4.78 is 19.4. The van der Waals surface area contributed by atoms with E-state index in [1.54, 1.807) is 12.1 Å². The number of benzene rings is 2. The molecule has 0 aliphatic rings. The van der Waals surface area contributed by atoms with Gasteiger partial charge >= 0.3 is 0 Å². The van der Waals surface area contributed by atoms with Crippen LogP contribution in [0.25, 0.3) is 0 Å². The fraction of sp³-hybridized carbons (Fsp3) is 0.200. The monoisotopic (exact) mass is 376 g/mol. The molecule has 2 rings (SSSR count). The van der Waals surface area contributed by atoms with Crippen LogP contribution in [0.5, 0.6) is 5.75 Å². The molecule has 2 aromatic rings. The molecular formula is C15H12BrCl2FO. The number of halogens is 4. The van der Waals surface area contributed by atoms with Crippen molar-refractivity contribution in [2.24, 2.45) is 0 Å². The van der Waals surface area contributed by atoms with Crippen molar-refractivity contribution in [1.29, 1.82) is 0 Å². The van der Waals surface area contributed by atoms with E-state index in [-0.39, 0.29) is 5.02 Å². The third-order valence-electron chi connectivity index (χ3n) is 2.78. The number of alkyl halides is 1. The van der Waals surface area contributed by atoms with Crippen molar-refractivity contribution in [3.05, 3.63) is 62.8 Å². The Bertz CT molecular complexity index is 619. The van der Waals surface area contributed by atoms with Gasteiger partial charge in [-0.1, -0.05) is 23.7 Å². The highest BCUT2D eigenvalue weighted by Crippen LogP contribution is 2.35. The van der Waals surface area contributed by atoms with Crippen LogP contribution in [0.2, 0.25) is 5.02 Å². The molecule has 0 aromatic heterocycles. The third kappa shape index (κ3) is 3.46. The molecule has 0 bridgehead atoms. The molecule has 1 unspecified atom stereocenters. The minimum absolute atomic E-state index is 0.0677. The van der Waals surface area contributed by atoms with Gasteiger partial charge in [0, 0.05) is 0 Å². The molecule has 0 fully saturated rings. The zero-order chi connectivity index (χ0) is 14.7. The van der Waals surface area contributed by atoms with E-state index < -0.39 is 11.2 Å². The van der Waals surface area contributed by atoms with E-state index in [2.05, 4.69) is 15.9 Å². The van der Waals surface area contributed by atoms with Gasteiger partial charge in [-0.15, -0.1) is 11.6 Å². The summed E-state index contributed by atoms with van der Waals surface area (Å²) in [5.74, 6) is 0.310. The lowest BCUT2D eigenvalue weighted by atomic mass is 10.0. The Balaban J connectivity index is 2.30. The first kappa shape index (κ1) is 15.6. The number of hydrogen-bond acceptors (Lipinski definition) is 1. The Kier molecular flexibility index (Phi) is 5.30. The Morgan fingerprint density at radius 1 is 1.20 bits per heavy atom. The van der Waals surface area contributed by atoms with E-state index in [1.807, 2.05) is 25.1 Å². The standard InChI is InChI=1S/C15H12BrCl2FO/c1-2-20-14-6-4-9(7-11(14)16)15(18)10-3-5-13(19)12(17)8-10/h3-8,15H,2H2,1H3. The SMILES string of the molecule is CCOc1ccc(C(Cl)c2ccc(F)c(Cl)c2)cc1Br. The molecule has 0 spiro atoms. The van der Waals surface area contributed by atoms with E-state index in [1.165, 1.54) is 6.07 Å². The molecule has 0 saturated heterocycles. The van der Waals surface area contributed by atoms with Crippen LogP contribution in [-0.2, 0) is 0 Å². The van der Waals surface area contributed by atoms with Crippen LogP contribution in [0.1, 0.15) is 23.4 Å². The molecule has 0 aliphatic heterocycles. The van der Waals surface area contributed by atoms with Crippen LogP contribution >= 0.6 is 39.1 Å². The summed E-state index contributed by atoms with van der Waals surface area (Å²) in [5, 5.41) is -0.335. The topological polar surface area (TPSA) is 9.23 Å². The van der Waals surface area contributed by atoms with Gasteiger partial charge in [0.05, 0.1) is 21.5 Å². The summed E-state index contributed by atoms with van der Waals surface area (Å²) in [7, 11) is 0. The number of ether oxygens (including phenoxy) is 1. The molecular weight excluding hydrogens is 366 g/mol. The van der Waals surface area contributed by atoms with Crippen LogP contribution in [0.3, 0.4) is 0 Å². The quantitative estimate of drug-likeness (QED) is 0.596. The van der Waals surface area contributed by atoms with Crippen LogP contribution < -0.4 is 4.74 Å². The predicted octanol–water partition coefficient (Wildman–Crippen LogP) is 5.97. The molecule has 0 aliphatic carbocycles. The highest BCUT2D eigenvalue weighted by atomic mass is 79.9. The van der Waals surface area contributed by atoms with Gasteiger partial charge in [-0.25, -0.2) is 4.39 Å². The molecule has 20 heavy (non-hydrogen) atoms. The second-order valence-electron chi connectivity index (χ2n) is 4.16.